The minimum atomic E-state index is -3.40. The molecule has 0 saturated carbocycles. The molecule has 0 aliphatic heterocycles. The third-order valence-electron chi connectivity index (χ3n) is 2.78. The predicted octanol–water partition coefficient (Wildman–Crippen LogP) is 1.68. The summed E-state index contributed by atoms with van der Waals surface area (Å²) < 4.78 is 28.3. The summed E-state index contributed by atoms with van der Waals surface area (Å²) >= 11 is 4.60. The highest BCUT2D eigenvalue weighted by Gasteiger charge is 2.26. The molecule has 112 valence electrons. The van der Waals surface area contributed by atoms with Gasteiger partial charge in [0.25, 0.3) is 0 Å². The van der Waals surface area contributed by atoms with Crippen LogP contribution in [0.1, 0.15) is 18.2 Å². The van der Waals surface area contributed by atoms with E-state index in [2.05, 4.69) is 17.2 Å². The average Bonchev–Trinajstić information content (AvgIpc) is 2.76. The van der Waals surface area contributed by atoms with Crippen LogP contribution in [0.4, 0.5) is 0 Å². The normalized spacial score (nSPS) is 13.2. The lowest BCUT2D eigenvalue weighted by atomic mass is 10.1. The van der Waals surface area contributed by atoms with Crippen LogP contribution in [-0.2, 0) is 14.6 Å². The molecule has 0 aliphatic carbocycles. The Morgan fingerprint density at radius 1 is 1.43 bits per heavy atom. The Kier molecular flexibility index (Phi) is 3.97. The molecule has 21 heavy (non-hydrogen) atoms. The summed E-state index contributed by atoms with van der Waals surface area (Å²) in [5.41, 5.74) is 0.531. The van der Waals surface area contributed by atoms with E-state index in [1.54, 1.807) is 0 Å². The van der Waals surface area contributed by atoms with E-state index in [0.717, 1.165) is 6.26 Å². The number of sulfone groups is 1. The monoisotopic (exact) mass is 329 g/mol. The minimum absolute atomic E-state index is 0.0547. The average molecular weight is 329 g/mol. The second-order valence-corrected chi connectivity index (χ2v) is 6.88. The summed E-state index contributed by atoms with van der Waals surface area (Å²) in [6.07, 6.45) is 0.586. The number of oxazole rings is 1. The van der Waals surface area contributed by atoms with E-state index in [1.807, 2.05) is 0 Å². The molecular weight excluding hydrogens is 318 g/mol. The van der Waals surface area contributed by atoms with Crippen LogP contribution in [0.5, 0.6) is 0 Å². The van der Waals surface area contributed by atoms with Gasteiger partial charge in [0, 0.05) is 12.3 Å². The van der Waals surface area contributed by atoms with Crippen LogP contribution >= 0.6 is 12.2 Å². The summed E-state index contributed by atoms with van der Waals surface area (Å²) in [6.45, 7) is 0. The first kappa shape index (κ1) is 15.4. The van der Waals surface area contributed by atoms with Crippen LogP contribution in [0, 0.1) is 0 Å². The number of hydrogen-bond acceptors (Lipinski definition) is 6. The zero-order valence-electron chi connectivity index (χ0n) is 10.8. The molecule has 0 spiro atoms. The largest absolute Gasteiger partial charge is 0.501 e. The molecule has 0 aliphatic rings. The maximum Gasteiger partial charge on any atom is 0.304 e. The second kappa shape index (κ2) is 5.41. The molecule has 9 heteroatoms. The zero-order chi connectivity index (χ0) is 15.8. The first-order valence-corrected chi connectivity index (χ1v) is 8.03. The molecule has 0 bridgehead atoms. The smallest absolute Gasteiger partial charge is 0.304 e. The minimum Gasteiger partial charge on any atom is -0.501 e. The Hall–Kier alpha value is -2.00. The third-order valence-corrected chi connectivity index (χ3v) is 4.17. The van der Waals surface area contributed by atoms with Gasteiger partial charge in [-0.1, -0.05) is 0 Å². The molecule has 0 radical (unpaired) electrons. The molecule has 1 heterocycles. The number of thiocarbonyl (C=S) groups is 1. The summed E-state index contributed by atoms with van der Waals surface area (Å²) in [4.78, 5) is 14.9. The lowest BCUT2D eigenvalue weighted by molar-refractivity contribution is -0.137. The Labute approximate surface area is 125 Å². The highest BCUT2D eigenvalue weighted by Crippen LogP contribution is 2.26. The summed E-state index contributed by atoms with van der Waals surface area (Å²) in [5, 5.41) is 17.6. The third kappa shape index (κ3) is 3.37. The maximum atomic E-state index is 11.5. The molecule has 2 N–H and O–H groups in total. The summed E-state index contributed by atoms with van der Waals surface area (Å²) in [6, 6.07) is 4.10. The molecule has 0 fully saturated rings. The fourth-order valence-corrected chi connectivity index (χ4v) is 2.58. The standard InChI is InChI=1S/C12H11NO6S2/c1-21(17,18)6-2-3-8-9(4-6)19-11(13-8)7(12(16)20)5-10(14)15/h2-4,7H,5H2,1H3,(H,14,15)(H,16,20). The van der Waals surface area contributed by atoms with Crippen molar-refractivity contribution in [2.75, 3.05) is 6.26 Å². The number of carboxylic acids is 1. The highest BCUT2D eigenvalue weighted by molar-refractivity contribution is 7.90. The topological polar surface area (TPSA) is 118 Å². The molecule has 1 aromatic heterocycles. The number of fused-ring (bicyclic) bond motifs is 1. The molecule has 2 rings (SSSR count). The maximum absolute atomic E-state index is 11.5. The highest BCUT2D eigenvalue weighted by atomic mass is 32.2. The van der Waals surface area contributed by atoms with Crippen molar-refractivity contribution in [3.8, 4) is 0 Å². The molecule has 0 amide bonds. The summed E-state index contributed by atoms with van der Waals surface area (Å²) in [7, 11) is -3.40. The SMILES string of the molecule is CS(=O)(=O)c1ccc2nc(C(CC(=O)O)C(O)=S)oc2c1. The van der Waals surface area contributed by atoms with E-state index in [0.29, 0.717) is 5.52 Å². The van der Waals surface area contributed by atoms with Gasteiger partial charge < -0.3 is 14.6 Å². The number of rotatable bonds is 5. The van der Waals surface area contributed by atoms with E-state index >= 15 is 0 Å². The quantitative estimate of drug-likeness (QED) is 0.795. The van der Waals surface area contributed by atoms with Crippen LogP contribution < -0.4 is 0 Å². The van der Waals surface area contributed by atoms with Crippen LogP contribution in [0.25, 0.3) is 11.1 Å². The Bertz CT molecular complexity index is 823. The van der Waals surface area contributed by atoms with Gasteiger partial charge in [-0.05, 0) is 24.4 Å². The van der Waals surface area contributed by atoms with Crippen LogP contribution in [-0.4, -0.2) is 40.9 Å². The van der Waals surface area contributed by atoms with E-state index < -0.39 is 33.2 Å². The van der Waals surface area contributed by atoms with Crippen LogP contribution in [0.15, 0.2) is 27.5 Å². The van der Waals surface area contributed by atoms with Gasteiger partial charge in [0.05, 0.1) is 11.3 Å². The lowest BCUT2D eigenvalue weighted by Crippen LogP contribution is -2.14. The number of nitrogens with zero attached hydrogens (tertiary/aromatic N) is 1. The van der Waals surface area contributed by atoms with Gasteiger partial charge in [-0.15, -0.1) is 0 Å². The van der Waals surface area contributed by atoms with E-state index in [1.165, 1.54) is 18.2 Å². The fraction of sp³-hybridized carbons (Fsp3) is 0.250. The van der Waals surface area contributed by atoms with Crippen LogP contribution in [0.2, 0.25) is 0 Å². The first-order valence-electron chi connectivity index (χ1n) is 5.73. The molecule has 1 unspecified atom stereocenters. The first-order chi connectivity index (χ1) is 9.68. The van der Waals surface area contributed by atoms with Crippen molar-refractivity contribution in [2.24, 2.45) is 0 Å². The second-order valence-electron chi connectivity index (χ2n) is 4.44. The number of hydrogen-bond donors (Lipinski definition) is 2. The van der Waals surface area contributed by atoms with Gasteiger partial charge in [0.2, 0.25) is 5.89 Å². The van der Waals surface area contributed by atoms with Gasteiger partial charge in [-0.3, -0.25) is 4.79 Å². The van der Waals surface area contributed by atoms with Crippen molar-refractivity contribution in [3.05, 3.63) is 24.1 Å². The number of carbonyl (C=O) groups is 1. The molecular formula is C12H11NO6S2. The van der Waals surface area contributed by atoms with Crippen molar-refractivity contribution in [1.82, 2.24) is 4.98 Å². The lowest BCUT2D eigenvalue weighted by Gasteiger charge is -2.06. The Morgan fingerprint density at radius 2 is 2.10 bits per heavy atom. The van der Waals surface area contributed by atoms with Gasteiger partial charge in [0.1, 0.15) is 11.4 Å². The molecule has 2 aromatic rings. The number of aliphatic hydroxyl groups is 1. The molecule has 7 nitrogen and oxygen atoms in total. The van der Waals surface area contributed by atoms with E-state index in [9.17, 15) is 18.3 Å². The van der Waals surface area contributed by atoms with Crippen LogP contribution in [0.3, 0.4) is 0 Å². The molecule has 0 saturated heterocycles. The number of benzene rings is 1. The van der Waals surface area contributed by atoms with Crippen molar-refractivity contribution < 1.29 is 27.8 Å². The number of aliphatic carboxylic acids is 1. The zero-order valence-corrected chi connectivity index (χ0v) is 12.4. The molecule has 1 atom stereocenters. The van der Waals surface area contributed by atoms with E-state index in [4.69, 9.17) is 9.52 Å². The fourth-order valence-electron chi connectivity index (χ4n) is 1.76. The van der Waals surface area contributed by atoms with Gasteiger partial charge >= 0.3 is 5.97 Å². The van der Waals surface area contributed by atoms with E-state index in [-0.39, 0.29) is 16.4 Å². The van der Waals surface area contributed by atoms with Crippen molar-refractivity contribution >= 4 is 44.2 Å². The van der Waals surface area contributed by atoms with Crippen molar-refractivity contribution in [1.29, 1.82) is 0 Å². The molecule has 1 aromatic carbocycles. The Balaban J connectivity index is 2.51. The van der Waals surface area contributed by atoms with Gasteiger partial charge in [-0.2, -0.15) is 0 Å². The van der Waals surface area contributed by atoms with Crippen molar-refractivity contribution in [3.63, 3.8) is 0 Å². The predicted molar refractivity (Wildman–Crippen MR) is 77.3 cm³/mol. The van der Waals surface area contributed by atoms with Crippen molar-refractivity contribution in [2.45, 2.75) is 17.2 Å². The number of carboxylic acid groups (broad SMARTS) is 1. The number of aliphatic hydroxyl groups excluding tert-OH is 1. The number of aromatic nitrogens is 1. The Morgan fingerprint density at radius 3 is 2.62 bits per heavy atom. The summed E-state index contributed by atoms with van der Waals surface area (Å²) in [5.74, 6) is -2.30. The van der Waals surface area contributed by atoms with Gasteiger partial charge in [-0.25, -0.2) is 13.4 Å². The van der Waals surface area contributed by atoms with Gasteiger partial charge in [0.15, 0.2) is 20.5 Å².